The van der Waals surface area contributed by atoms with Crippen molar-refractivity contribution in [2.24, 2.45) is 0 Å². The Morgan fingerprint density at radius 2 is 1.56 bits per heavy atom. The van der Waals surface area contributed by atoms with Crippen molar-refractivity contribution < 1.29 is 14.2 Å². The molecule has 98 valence electrons. The highest BCUT2D eigenvalue weighted by atomic mass is 16.7. The Balaban J connectivity index is 3.67. The number of hydrogen-bond donors (Lipinski definition) is 0. The topological polar surface area (TPSA) is 30.9 Å². The third kappa shape index (κ3) is 9.09. The lowest BCUT2D eigenvalue weighted by Crippen LogP contribution is -2.35. The Bertz CT molecular complexity index is 147. The van der Waals surface area contributed by atoms with Crippen LogP contribution in [0.2, 0.25) is 0 Å². The van der Waals surface area contributed by atoms with Crippen LogP contribution in [0.1, 0.15) is 27.7 Å². The van der Waals surface area contributed by atoms with E-state index in [0.29, 0.717) is 19.3 Å². The zero-order valence-corrected chi connectivity index (χ0v) is 11.4. The Morgan fingerprint density at radius 1 is 1.00 bits per heavy atom. The Morgan fingerprint density at radius 3 is 2.00 bits per heavy atom. The van der Waals surface area contributed by atoms with Crippen LogP contribution in [-0.2, 0) is 14.2 Å². The van der Waals surface area contributed by atoms with E-state index in [1.807, 2.05) is 27.7 Å². The summed E-state index contributed by atoms with van der Waals surface area (Å²) in [6.07, 6.45) is 0.169. The SMILES string of the molecule is CCOC(CN(C)CCOC(C)C)OCC. The van der Waals surface area contributed by atoms with Gasteiger partial charge in [-0.05, 0) is 34.7 Å². The molecular formula is C12H27NO3. The fourth-order valence-electron chi connectivity index (χ4n) is 1.32. The predicted molar refractivity (Wildman–Crippen MR) is 65.6 cm³/mol. The second kappa shape index (κ2) is 10.0. The standard InChI is InChI=1S/C12H27NO3/c1-6-14-12(15-7-2)10-13(5)8-9-16-11(3)4/h11-12H,6-10H2,1-5H3. The molecule has 0 aromatic carbocycles. The van der Waals surface area contributed by atoms with Crippen LogP contribution >= 0.6 is 0 Å². The molecular weight excluding hydrogens is 206 g/mol. The zero-order chi connectivity index (χ0) is 12.4. The molecule has 0 radical (unpaired) electrons. The average Bonchev–Trinajstić information content (AvgIpc) is 2.17. The minimum absolute atomic E-state index is 0.126. The van der Waals surface area contributed by atoms with Gasteiger partial charge in [0, 0.05) is 26.3 Å². The maximum absolute atomic E-state index is 5.49. The average molecular weight is 233 g/mol. The molecule has 0 N–H and O–H groups in total. The molecule has 0 unspecified atom stereocenters. The van der Waals surface area contributed by atoms with Crippen molar-refractivity contribution >= 4 is 0 Å². The minimum atomic E-state index is -0.126. The van der Waals surface area contributed by atoms with Crippen molar-refractivity contribution in [1.82, 2.24) is 4.90 Å². The molecule has 4 nitrogen and oxygen atoms in total. The first-order chi connectivity index (χ1) is 7.60. The molecule has 0 saturated carbocycles. The van der Waals surface area contributed by atoms with Crippen LogP contribution in [0.5, 0.6) is 0 Å². The zero-order valence-electron chi connectivity index (χ0n) is 11.4. The molecule has 0 heterocycles. The van der Waals surface area contributed by atoms with E-state index in [4.69, 9.17) is 14.2 Å². The van der Waals surface area contributed by atoms with E-state index in [-0.39, 0.29) is 6.29 Å². The van der Waals surface area contributed by atoms with E-state index in [2.05, 4.69) is 11.9 Å². The van der Waals surface area contributed by atoms with Crippen LogP contribution in [0.4, 0.5) is 0 Å². The molecule has 0 bridgehead atoms. The molecule has 0 atom stereocenters. The molecule has 16 heavy (non-hydrogen) atoms. The third-order valence-electron chi connectivity index (χ3n) is 2.09. The van der Waals surface area contributed by atoms with Gasteiger partial charge in [0.1, 0.15) is 0 Å². The maximum atomic E-state index is 5.49. The van der Waals surface area contributed by atoms with Crippen LogP contribution in [0.25, 0.3) is 0 Å². The van der Waals surface area contributed by atoms with Gasteiger partial charge in [0.2, 0.25) is 0 Å². The van der Waals surface area contributed by atoms with Crippen molar-refractivity contribution in [2.45, 2.75) is 40.1 Å². The quantitative estimate of drug-likeness (QED) is 0.538. The summed E-state index contributed by atoms with van der Waals surface area (Å²) in [6.45, 7) is 11.8. The summed E-state index contributed by atoms with van der Waals surface area (Å²) in [5.74, 6) is 0. The van der Waals surface area contributed by atoms with Crippen LogP contribution in [0.15, 0.2) is 0 Å². The Kier molecular flexibility index (Phi) is 9.92. The van der Waals surface area contributed by atoms with Crippen LogP contribution in [-0.4, -0.2) is 57.3 Å². The number of hydrogen-bond acceptors (Lipinski definition) is 4. The van der Waals surface area contributed by atoms with E-state index in [1.165, 1.54) is 0 Å². The fourth-order valence-corrected chi connectivity index (χ4v) is 1.32. The first-order valence-electron chi connectivity index (χ1n) is 6.13. The van der Waals surface area contributed by atoms with Gasteiger partial charge in [-0.25, -0.2) is 0 Å². The van der Waals surface area contributed by atoms with Gasteiger partial charge in [0.25, 0.3) is 0 Å². The largest absolute Gasteiger partial charge is 0.377 e. The lowest BCUT2D eigenvalue weighted by molar-refractivity contribution is -0.146. The first-order valence-corrected chi connectivity index (χ1v) is 6.13. The van der Waals surface area contributed by atoms with Crippen molar-refractivity contribution in [3.63, 3.8) is 0 Å². The highest BCUT2D eigenvalue weighted by Crippen LogP contribution is 1.98. The summed E-state index contributed by atoms with van der Waals surface area (Å²) >= 11 is 0. The maximum Gasteiger partial charge on any atom is 0.170 e. The molecule has 0 aromatic rings. The molecule has 0 aliphatic heterocycles. The molecule has 0 fully saturated rings. The van der Waals surface area contributed by atoms with Crippen molar-refractivity contribution in [2.75, 3.05) is 40.0 Å². The summed E-state index contributed by atoms with van der Waals surface area (Å²) in [5.41, 5.74) is 0. The van der Waals surface area contributed by atoms with Gasteiger partial charge in [-0.1, -0.05) is 0 Å². The van der Waals surface area contributed by atoms with Crippen LogP contribution < -0.4 is 0 Å². The van der Waals surface area contributed by atoms with E-state index in [9.17, 15) is 0 Å². The molecule has 0 aromatic heterocycles. The molecule has 0 rings (SSSR count). The van der Waals surface area contributed by atoms with Crippen LogP contribution in [0, 0.1) is 0 Å². The van der Waals surface area contributed by atoms with Gasteiger partial charge < -0.3 is 14.2 Å². The molecule has 0 saturated heterocycles. The van der Waals surface area contributed by atoms with Gasteiger partial charge >= 0.3 is 0 Å². The minimum Gasteiger partial charge on any atom is -0.377 e. The van der Waals surface area contributed by atoms with E-state index in [1.54, 1.807) is 0 Å². The molecule has 0 aliphatic rings. The highest BCUT2D eigenvalue weighted by molar-refractivity contribution is 4.55. The van der Waals surface area contributed by atoms with Crippen molar-refractivity contribution in [3.05, 3.63) is 0 Å². The smallest absolute Gasteiger partial charge is 0.170 e. The predicted octanol–water partition coefficient (Wildman–Crippen LogP) is 1.74. The molecule has 4 heteroatoms. The Hall–Kier alpha value is -0.160. The lowest BCUT2D eigenvalue weighted by atomic mass is 10.4. The second-order valence-corrected chi connectivity index (χ2v) is 4.02. The van der Waals surface area contributed by atoms with E-state index < -0.39 is 0 Å². The summed E-state index contributed by atoms with van der Waals surface area (Å²) < 4.78 is 16.4. The second-order valence-electron chi connectivity index (χ2n) is 4.02. The van der Waals surface area contributed by atoms with Gasteiger partial charge in [-0.3, -0.25) is 4.90 Å². The van der Waals surface area contributed by atoms with Crippen LogP contribution in [0.3, 0.4) is 0 Å². The van der Waals surface area contributed by atoms with Gasteiger partial charge in [-0.2, -0.15) is 0 Å². The molecule has 0 amide bonds. The molecule has 0 spiro atoms. The number of ether oxygens (including phenoxy) is 3. The number of likely N-dealkylation sites (N-methyl/N-ethyl adjacent to an activating group) is 1. The van der Waals surface area contributed by atoms with E-state index in [0.717, 1.165) is 19.7 Å². The number of nitrogens with zero attached hydrogens (tertiary/aromatic N) is 1. The van der Waals surface area contributed by atoms with Gasteiger partial charge in [-0.15, -0.1) is 0 Å². The fraction of sp³-hybridized carbons (Fsp3) is 1.00. The van der Waals surface area contributed by atoms with E-state index >= 15 is 0 Å². The van der Waals surface area contributed by atoms with Gasteiger partial charge in [0.15, 0.2) is 6.29 Å². The first kappa shape index (κ1) is 15.8. The normalized spacial score (nSPS) is 12.0. The third-order valence-corrected chi connectivity index (χ3v) is 2.09. The van der Waals surface area contributed by atoms with Gasteiger partial charge in [0.05, 0.1) is 12.7 Å². The number of rotatable bonds is 10. The summed E-state index contributed by atoms with van der Waals surface area (Å²) in [7, 11) is 2.05. The molecule has 0 aliphatic carbocycles. The monoisotopic (exact) mass is 233 g/mol. The lowest BCUT2D eigenvalue weighted by Gasteiger charge is -2.23. The highest BCUT2D eigenvalue weighted by Gasteiger charge is 2.11. The Labute approximate surface area is 99.9 Å². The summed E-state index contributed by atoms with van der Waals surface area (Å²) in [5, 5.41) is 0. The van der Waals surface area contributed by atoms with Crippen molar-refractivity contribution in [3.8, 4) is 0 Å². The summed E-state index contributed by atoms with van der Waals surface area (Å²) in [6, 6.07) is 0. The summed E-state index contributed by atoms with van der Waals surface area (Å²) in [4.78, 5) is 2.17. The van der Waals surface area contributed by atoms with Crippen molar-refractivity contribution in [1.29, 1.82) is 0 Å².